The fraction of sp³-hybridized carbons (Fsp3) is 0.780. The lowest BCUT2D eigenvalue weighted by Crippen LogP contribution is -2.23. The number of esters is 3. The van der Waals surface area contributed by atoms with Gasteiger partial charge in [0.25, 0.3) is 0 Å². The molecule has 0 spiro atoms. The van der Waals surface area contributed by atoms with Gasteiger partial charge in [-0.1, -0.05) is 103 Å². The quantitative estimate of drug-likeness (QED) is 0.0204. The third-order valence-electron chi connectivity index (χ3n) is 10.6. The average Bonchev–Trinajstić information content (AvgIpc) is 3.82. The molecule has 1 rings (SSSR count). The Balaban J connectivity index is 2.42. The highest BCUT2D eigenvalue weighted by Gasteiger charge is 2.18. The van der Waals surface area contributed by atoms with Crippen LogP contribution in [0.25, 0.3) is 0 Å². The molecule has 1 atom stereocenters. The second kappa shape index (κ2) is 41.5. The minimum Gasteiger partial charge on any atom is -0.466 e. The molecule has 0 aliphatic carbocycles. The van der Waals surface area contributed by atoms with Crippen molar-refractivity contribution in [1.29, 1.82) is 0 Å². The van der Waals surface area contributed by atoms with Gasteiger partial charge in [-0.05, 0) is 102 Å². The minimum absolute atomic E-state index is 0.177. The van der Waals surface area contributed by atoms with E-state index in [-0.39, 0.29) is 44.0 Å². The highest BCUT2D eigenvalue weighted by molar-refractivity contribution is 5.71. The van der Waals surface area contributed by atoms with Crippen LogP contribution >= 0.6 is 0 Å². The monoisotopic (exact) mass is 875 g/mol. The number of allylic oxidation sites excluding steroid dienone is 4. The van der Waals surface area contributed by atoms with Crippen molar-refractivity contribution in [2.45, 2.75) is 213 Å². The largest absolute Gasteiger partial charge is 0.466 e. The molecular weight excluding hydrogens is 789 g/mol. The fourth-order valence-corrected chi connectivity index (χ4v) is 6.90. The highest BCUT2D eigenvalue weighted by atomic mass is 16.7. The third-order valence-corrected chi connectivity index (χ3v) is 10.6. The summed E-state index contributed by atoms with van der Waals surface area (Å²) in [6.45, 7) is 10.7. The van der Waals surface area contributed by atoms with Crippen LogP contribution in [-0.4, -0.2) is 79.0 Å². The molecule has 0 aliphatic rings. The zero-order valence-electron chi connectivity index (χ0n) is 39.4. The van der Waals surface area contributed by atoms with Gasteiger partial charge < -0.3 is 28.4 Å². The number of ether oxygens (including phenoxy) is 6. The van der Waals surface area contributed by atoms with Crippen LogP contribution in [0.3, 0.4) is 0 Å². The number of hydrogen-bond donors (Lipinski definition) is 0. The van der Waals surface area contributed by atoms with Gasteiger partial charge in [0.15, 0.2) is 6.29 Å². The van der Waals surface area contributed by atoms with Crippen molar-refractivity contribution >= 4 is 24.0 Å². The van der Waals surface area contributed by atoms with Crippen LogP contribution in [0.4, 0.5) is 4.79 Å². The lowest BCUT2D eigenvalue weighted by Gasteiger charge is -2.19. The van der Waals surface area contributed by atoms with Gasteiger partial charge in [-0.3, -0.25) is 14.4 Å². The van der Waals surface area contributed by atoms with Crippen LogP contribution < -0.4 is 0 Å². The maximum Gasteiger partial charge on any atom is 0.419 e. The van der Waals surface area contributed by atoms with Gasteiger partial charge in [0, 0.05) is 44.9 Å². The van der Waals surface area contributed by atoms with E-state index in [0.29, 0.717) is 77.1 Å². The van der Waals surface area contributed by atoms with E-state index >= 15 is 0 Å². The second-order valence-corrected chi connectivity index (χ2v) is 16.2. The molecule has 1 heterocycles. The Morgan fingerprint density at radius 2 is 1.06 bits per heavy atom. The molecule has 0 aromatic carbocycles. The van der Waals surface area contributed by atoms with E-state index in [1.165, 1.54) is 74.7 Å². The van der Waals surface area contributed by atoms with Crippen molar-refractivity contribution < 1.29 is 47.6 Å². The average molecular weight is 875 g/mol. The van der Waals surface area contributed by atoms with E-state index in [4.69, 9.17) is 28.4 Å². The van der Waals surface area contributed by atoms with Gasteiger partial charge >= 0.3 is 24.0 Å². The molecule has 12 heteroatoms. The summed E-state index contributed by atoms with van der Waals surface area (Å²) in [6.07, 6.45) is 34.6. The molecule has 356 valence electrons. The lowest BCUT2D eigenvalue weighted by atomic mass is 9.92. The normalized spacial score (nSPS) is 12.2. The molecule has 0 N–H and O–H groups in total. The van der Waals surface area contributed by atoms with Gasteiger partial charge in [0.1, 0.15) is 12.4 Å². The number of aromatic nitrogens is 2. The first-order valence-electron chi connectivity index (χ1n) is 24.5. The number of imidazole rings is 1. The summed E-state index contributed by atoms with van der Waals surface area (Å²) in [5, 5.41) is 0. The van der Waals surface area contributed by atoms with E-state index < -0.39 is 18.5 Å². The number of unbranched alkanes of at least 4 members (excludes halogenated alkanes) is 9. The topological polar surface area (TPSA) is 141 Å². The van der Waals surface area contributed by atoms with Gasteiger partial charge in [0.2, 0.25) is 0 Å². The van der Waals surface area contributed by atoms with E-state index in [9.17, 15) is 19.2 Å². The van der Waals surface area contributed by atoms with E-state index in [1.54, 1.807) is 0 Å². The fourth-order valence-electron chi connectivity index (χ4n) is 6.90. The summed E-state index contributed by atoms with van der Waals surface area (Å²) in [5.41, 5.74) is 0. The van der Waals surface area contributed by atoms with Crippen LogP contribution in [0.5, 0.6) is 0 Å². The molecule has 12 nitrogen and oxygen atoms in total. The van der Waals surface area contributed by atoms with Crippen molar-refractivity contribution in [3.05, 3.63) is 43.0 Å². The van der Waals surface area contributed by atoms with Crippen molar-refractivity contribution in [1.82, 2.24) is 9.55 Å². The first-order chi connectivity index (χ1) is 30.3. The van der Waals surface area contributed by atoms with Crippen LogP contribution in [0.2, 0.25) is 0 Å². The molecule has 1 aromatic rings. The highest BCUT2D eigenvalue weighted by Crippen LogP contribution is 2.21. The van der Waals surface area contributed by atoms with Crippen molar-refractivity contribution in [2.75, 3.05) is 33.0 Å². The predicted octanol–water partition coefficient (Wildman–Crippen LogP) is 12.6. The molecule has 0 saturated heterocycles. The Labute approximate surface area is 375 Å². The zero-order chi connectivity index (χ0) is 45.1. The molecule has 1 unspecified atom stereocenters. The van der Waals surface area contributed by atoms with Crippen molar-refractivity contribution in [2.24, 2.45) is 5.92 Å². The van der Waals surface area contributed by atoms with Gasteiger partial charge in [-0.25, -0.2) is 14.3 Å². The van der Waals surface area contributed by atoms with Crippen molar-refractivity contribution in [3.8, 4) is 0 Å². The minimum atomic E-state index is -0.556. The molecule has 0 amide bonds. The zero-order valence-corrected chi connectivity index (χ0v) is 39.4. The van der Waals surface area contributed by atoms with Gasteiger partial charge in [-0.2, -0.15) is 0 Å². The first-order valence-corrected chi connectivity index (χ1v) is 24.5. The standard InChI is InChI=1S/C50H86N2O10/c1-5-9-13-15-17-23-38-60-49(61-39-24-18-16-14-10-6-2)34-33-48(55)58-41-26-30-45(62-50(56)52-37-36-51-43-52)29-25-40-57-46(53)31-21-22-32-47(54)59-42-35-44(27-19-11-7-3)28-20-12-8-4/h9-10,13-14,36-37,43-45,49H,5-8,11-12,15-35,38-42H2,1-4H3/b13-9-,14-10-. The first kappa shape index (κ1) is 56.5. The van der Waals surface area contributed by atoms with Crippen LogP contribution in [0, 0.1) is 5.92 Å². The lowest BCUT2D eigenvalue weighted by molar-refractivity contribution is -0.159. The summed E-state index contributed by atoms with van der Waals surface area (Å²) in [5.74, 6) is -0.238. The van der Waals surface area contributed by atoms with Crippen LogP contribution in [0.15, 0.2) is 43.0 Å². The number of nitrogens with zero attached hydrogens (tertiary/aromatic N) is 2. The smallest absolute Gasteiger partial charge is 0.419 e. The molecular formula is C50H86N2O10. The Hall–Kier alpha value is -3.51. The SMILES string of the molecule is CC/C=C\CCCCOC(CCC(=O)OCCCC(CCCOC(=O)CCCCC(=O)OCCC(CCCCC)CCCCC)OC(=O)n1ccnc1)OCCCC/C=C\CC. The van der Waals surface area contributed by atoms with Crippen LogP contribution in [0.1, 0.15) is 201 Å². The molecule has 0 saturated carbocycles. The molecule has 0 bridgehead atoms. The Morgan fingerprint density at radius 3 is 1.56 bits per heavy atom. The molecule has 0 aliphatic heterocycles. The second-order valence-electron chi connectivity index (χ2n) is 16.2. The number of carbonyl (C=O) groups excluding carboxylic acids is 4. The van der Waals surface area contributed by atoms with Crippen LogP contribution in [-0.2, 0) is 42.8 Å². The molecule has 0 fully saturated rings. The van der Waals surface area contributed by atoms with E-state index in [0.717, 1.165) is 57.8 Å². The molecule has 1 aromatic heterocycles. The number of hydrogen-bond acceptors (Lipinski definition) is 11. The predicted molar refractivity (Wildman–Crippen MR) is 246 cm³/mol. The molecule has 62 heavy (non-hydrogen) atoms. The maximum atomic E-state index is 12.7. The Morgan fingerprint density at radius 1 is 0.532 bits per heavy atom. The summed E-state index contributed by atoms with van der Waals surface area (Å²) < 4.78 is 35.6. The summed E-state index contributed by atoms with van der Waals surface area (Å²) in [7, 11) is 0. The molecule has 0 radical (unpaired) electrons. The third kappa shape index (κ3) is 34.0. The van der Waals surface area contributed by atoms with E-state index in [2.05, 4.69) is 57.0 Å². The summed E-state index contributed by atoms with van der Waals surface area (Å²) in [4.78, 5) is 54.1. The Bertz CT molecular complexity index is 1250. The Kier molecular flexibility index (Phi) is 37.8. The maximum absolute atomic E-state index is 12.7. The summed E-state index contributed by atoms with van der Waals surface area (Å²) >= 11 is 0. The number of rotatable bonds is 42. The van der Waals surface area contributed by atoms with Gasteiger partial charge in [-0.15, -0.1) is 0 Å². The van der Waals surface area contributed by atoms with Gasteiger partial charge in [0.05, 0.1) is 26.2 Å². The van der Waals surface area contributed by atoms with E-state index in [1.807, 2.05) is 0 Å². The number of carbonyl (C=O) groups is 4. The van der Waals surface area contributed by atoms with Crippen molar-refractivity contribution in [3.63, 3.8) is 0 Å². The summed E-state index contributed by atoms with van der Waals surface area (Å²) in [6, 6.07) is 0.